The van der Waals surface area contributed by atoms with E-state index in [0.717, 1.165) is 54.2 Å². The first-order chi connectivity index (χ1) is 16.0. The topological polar surface area (TPSA) is 85.2 Å². The summed E-state index contributed by atoms with van der Waals surface area (Å²) >= 11 is 0. The Morgan fingerprint density at radius 3 is 2.48 bits per heavy atom. The van der Waals surface area contributed by atoms with Gasteiger partial charge in [-0.2, -0.15) is 0 Å². The predicted octanol–water partition coefficient (Wildman–Crippen LogP) is 3.36. The van der Waals surface area contributed by atoms with Crippen LogP contribution in [-0.4, -0.2) is 35.0 Å². The van der Waals surface area contributed by atoms with Crippen LogP contribution in [0.4, 0.5) is 0 Å². The third-order valence-electron chi connectivity index (χ3n) is 8.01. The lowest BCUT2D eigenvalue weighted by Gasteiger charge is -2.55. The van der Waals surface area contributed by atoms with Crippen LogP contribution in [0.25, 0.3) is 0 Å². The average Bonchev–Trinajstić information content (AvgIpc) is 3.22. The SMILES string of the molecule is COc1cccc(C(NC(=O)CCNC(=O)C23CC4CC(CC(C4)C2)C3)c2nccn2C)c1. The van der Waals surface area contributed by atoms with Gasteiger partial charge in [0.15, 0.2) is 0 Å². The number of methoxy groups -OCH3 is 1. The fraction of sp³-hybridized carbons (Fsp3) is 0.577. The molecule has 1 aromatic carbocycles. The van der Waals surface area contributed by atoms with Gasteiger partial charge in [0.25, 0.3) is 0 Å². The Bertz CT molecular complexity index is 995. The second kappa shape index (κ2) is 8.84. The molecule has 0 saturated heterocycles. The standard InChI is InChI=1S/C26H34N4O3/c1-30-9-8-27-24(30)23(20-4-3-5-21(13-20)33-2)29-22(31)6-7-28-25(32)26-14-17-10-18(15-26)12-19(11-17)16-26/h3-5,8-9,13,17-19,23H,6-7,10-12,14-16H2,1-2H3,(H,28,32)(H,29,31). The van der Waals surface area contributed by atoms with Crippen molar-refractivity contribution >= 4 is 11.8 Å². The van der Waals surface area contributed by atoms with Gasteiger partial charge in [-0.15, -0.1) is 0 Å². The van der Waals surface area contributed by atoms with Gasteiger partial charge in [0.1, 0.15) is 17.6 Å². The molecule has 4 saturated carbocycles. The number of nitrogens with one attached hydrogen (secondary N) is 2. The van der Waals surface area contributed by atoms with E-state index in [1.165, 1.54) is 19.3 Å². The lowest BCUT2D eigenvalue weighted by molar-refractivity contribution is -0.146. The Morgan fingerprint density at radius 2 is 1.88 bits per heavy atom. The van der Waals surface area contributed by atoms with Gasteiger partial charge in [-0.25, -0.2) is 4.98 Å². The maximum absolute atomic E-state index is 13.2. The molecular formula is C26H34N4O3. The molecule has 1 atom stereocenters. The van der Waals surface area contributed by atoms with E-state index < -0.39 is 6.04 Å². The number of hydrogen-bond acceptors (Lipinski definition) is 4. The normalized spacial score (nSPS) is 28.4. The molecule has 4 aliphatic carbocycles. The third kappa shape index (κ3) is 4.37. The van der Waals surface area contributed by atoms with E-state index in [9.17, 15) is 9.59 Å². The molecule has 176 valence electrons. The minimum Gasteiger partial charge on any atom is -0.497 e. The van der Waals surface area contributed by atoms with E-state index in [1.54, 1.807) is 13.3 Å². The summed E-state index contributed by atoms with van der Waals surface area (Å²) in [5.41, 5.74) is 0.719. The maximum Gasteiger partial charge on any atom is 0.226 e. The minimum atomic E-state index is -0.397. The number of carbonyl (C=O) groups excluding carboxylic acids is 2. The summed E-state index contributed by atoms with van der Waals surface area (Å²) in [5, 5.41) is 6.22. The highest BCUT2D eigenvalue weighted by Gasteiger charge is 2.54. The third-order valence-corrected chi connectivity index (χ3v) is 8.01. The number of rotatable bonds is 8. The van der Waals surface area contributed by atoms with Crippen LogP contribution in [0.5, 0.6) is 5.75 Å². The quantitative estimate of drug-likeness (QED) is 0.646. The van der Waals surface area contributed by atoms with Crippen LogP contribution in [0.3, 0.4) is 0 Å². The fourth-order valence-corrected chi connectivity index (χ4v) is 6.87. The first-order valence-electron chi connectivity index (χ1n) is 12.1. The van der Waals surface area contributed by atoms with Crippen molar-refractivity contribution in [1.82, 2.24) is 20.2 Å². The molecule has 7 heteroatoms. The molecule has 2 N–H and O–H groups in total. The maximum atomic E-state index is 13.2. The van der Waals surface area contributed by atoms with Crippen LogP contribution in [0.15, 0.2) is 36.7 Å². The highest BCUT2D eigenvalue weighted by molar-refractivity contribution is 5.84. The van der Waals surface area contributed by atoms with Crippen LogP contribution >= 0.6 is 0 Å². The van der Waals surface area contributed by atoms with Crippen LogP contribution in [0, 0.1) is 23.2 Å². The molecule has 6 rings (SSSR count). The Morgan fingerprint density at radius 1 is 1.18 bits per heavy atom. The average molecular weight is 451 g/mol. The van der Waals surface area contributed by atoms with Crippen molar-refractivity contribution in [1.29, 1.82) is 0 Å². The van der Waals surface area contributed by atoms with Gasteiger partial charge in [-0.3, -0.25) is 9.59 Å². The van der Waals surface area contributed by atoms with Gasteiger partial charge >= 0.3 is 0 Å². The molecule has 33 heavy (non-hydrogen) atoms. The Balaban J connectivity index is 1.21. The second-order valence-electron chi connectivity index (χ2n) is 10.4. The van der Waals surface area contributed by atoms with Crippen molar-refractivity contribution in [3.05, 3.63) is 48.0 Å². The van der Waals surface area contributed by atoms with Gasteiger partial charge in [-0.05, 0) is 74.0 Å². The smallest absolute Gasteiger partial charge is 0.226 e. The molecule has 4 aliphatic rings. The fourth-order valence-electron chi connectivity index (χ4n) is 6.87. The van der Waals surface area contributed by atoms with E-state index in [1.807, 2.05) is 42.1 Å². The Kier molecular flexibility index (Phi) is 5.89. The number of nitrogens with zero attached hydrogens (tertiary/aromatic N) is 2. The van der Waals surface area contributed by atoms with Gasteiger partial charge < -0.3 is 19.9 Å². The van der Waals surface area contributed by atoms with E-state index in [2.05, 4.69) is 15.6 Å². The van der Waals surface area contributed by atoms with Crippen molar-refractivity contribution in [3.63, 3.8) is 0 Å². The monoisotopic (exact) mass is 450 g/mol. The number of hydrogen-bond donors (Lipinski definition) is 2. The Labute approximate surface area is 195 Å². The summed E-state index contributed by atoms with van der Waals surface area (Å²) in [5.74, 6) is 3.71. The molecule has 0 radical (unpaired) electrons. The Hall–Kier alpha value is -2.83. The molecule has 0 spiro atoms. The van der Waals surface area contributed by atoms with Gasteiger partial charge in [0, 0.05) is 37.8 Å². The number of imidazole rings is 1. The van der Waals surface area contributed by atoms with Crippen molar-refractivity contribution in [2.75, 3.05) is 13.7 Å². The molecule has 1 unspecified atom stereocenters. The number of aryl methyl sites for hydroxylation is 1. The van der Waals surface area contributed by atoms with Crippen LogP contribution < -0.4 is 15.4 Å². The van der Waals surface area contributed by atoms with E-state index >= 15 is 0 Å². The highest BCUT2D eigenvalue weighted by atomic mass is 16.5. The lowest BCUT2D eigenvalue weighted by atomic mass is 9.49. The van der Waals surface area contributed by atoms with Crippen LogP contribution in [-0.2, 0) is 16.6 Å². The van der Waals surface area contributed by atoms with Gasteiger partial charge in [0.05, 0.1) is 7.11 Å². The largest absolute Gasteiger partial charge is 0.497 e. The van der Waals surface area contributed by atoms with Crippen molar-refractivity contribution in [2.45, 2.75) is 51.0 Å². The summed E-state index contributed by atoms with van der Waals surface area (Å²) in [6.45, 7) is 0.359. The number of ether oxygens (including phenoxy) is 1. The summed E-state index contributed by atoms with van der Waals surface area (Å²) in [6.07, 6.45) is 10.9. The molecule has 1 aromatic heterocycles. The van der Waals surface area contributed by atoms with Crippen LogP contribution in [0.1, 0.15) is 62.4 Å². The van der Waals surface area contributed by atoms with Crippen molar-refractivity contribution in [2.24, 2.45) is 30.2 Å². The zero-order valence-corrected chi connectivity index (χ0v) is 19.5. The van der Waals surface area contributed by atoms with Crippen LogP contribution in [0.2, 0.25) is 0 Å². The molecule has 4 fully saturated rings. The molecule has 0 aliphatic heterocycles. The van der Waals surface area contributed by atoms with E-state index in [-0.39, 0.29) is 23.7 Å². The highest BCUT2D eigenvalue weighted by Crippen LogP contribution is 2.60. The second-order valence-corrected chi connectivity index (χ2v) is 10.4. The lowest BCUT2D eigenvalue weighted by Crippen LogP contribution is -2.53. The minimum absolute atomic E-state index is 0.114. The zero-order valence-electron chi connectivity index (χ0n) is 19.5. The first-order valence-corrected chi connectivity index (χ1v) is 12.1. The number of amides is 2. The van der Waals surface area contributed by atoms with Crippen molar-refractivity contribution < 1.29 is 14.3 Å². The van der Waals surface area contributed by atoms with Gasteiger partial charge in [-0.1, -0.05) is 12.1 Å². The molecule has 4 bridgehead atoms. The number of aromatic nitrogens is 2. The molecule has 1 heterocycles. The molecule has 2 amide bonds. The first kappa shape index (κ1) is 22.0. The van der Waals surface area contributed by atoms with Gasteiger partial charge in [0.2, 0.25) is 11.8 Å². The van der Waals surface area contributed by atoms with Crippen molar-refractivity contribution in [3.8, 4) is 5.75 Å². The zero-order chi connectivity index (χ0) is 23.0. The summed E-state index contributed by atoms with van der Waals surface area (Å²) < 4.78 is 7.26. The number of carbonyl (C=O) groups is 2. The van der Waals surface area contributed by atoms with E-state index in [0.29, 0.717) is 6.54 Å². The number of benzene rings is 1. The molecule has 7 nitrogen and oxygen atoms in total. The predicted molar refractivity (Wildman–Crippen MR) is 124 cm³/mol. The summed E-state index contributed by atoms with van der Waals surface area (Å²) in [4.78, 5) is 30.5. The summed E-state index contributed by atoms with van der Waals surface area (Å²) in [6, 6.07) is 7.25. The summed E-state index contributed by atoms with van der Waals surface area (Å²) in [7, 11) is 3.54. The molecular weight excluding hydrogens is 416 g/mol. The molecule has 2 aromatic rings. The van der Waals surface area contributed by atoms with E-state index in [4.69, 9.17) is 4.74 Å².